The van der Waals surface area contributed by atoms with Gasteiger partial charge in [0.05, 0.1) is 4.91 Å². The van der Waals surface area contributed by atoms with E-state index < -0.39 is 0 Å². The van der Waals surface area contributed by atoms with Crippen LogP contribution in [0.4, 0.5) is 4.79 Å². The summed E-state index contributed by atoms with van der Waals surface area (Å²) in [6.45, 7) is 5.88. The third-order valence-electron chi connectivity index (χ3n) is 3.97. The van der Waals surface area contributed by atoms with Crippen LogP contribution in [-0.4, -0.2) is 22.1 Å². The van der Waals surface area contributed by atoms with Gasteiger partial charge >= 0.3 is 0 Å². The Bertz CT molecular complexity index is 823. The first-order valence-corrected chi connectivity index (χ1v) is 9.72. The molecule has 4 nitrogen and oxygen atoms in total. The van der Waals surface area contributed by atoms with Gasteiger partial charge in [-0.25, -0.2) is 0 Å². The lowest BCUT2D eigenvalue weighted by Gasteiger charge is -2.19. The van der Waals surface area contributed by atoms with Gasteiger partial charge in [-0.05, 0) is 56.3 Å². The van der Waals surface area contributed by atoms with Gasteiger partial charge in [0.15, 0.2) is 5.09 Å². The number of rotatable bonds is 5. The zero-order valence-corrected chi connectivity index (χ0v) is 15.9. The summed E-state index contributed by atoms with van der Waals surface area (Å²) in [5, 5.41) is 0.530. The molecule has 2 amide bonds. The highest BCUT2D eigenvalue weighted by atomic mass is 32.2. The molecule has 1 saturated heterocycles. The fourth-order valence-electron chi connectivity index (χ4n) is 2.36. The Morgan fingerprint density at radius 2 is 1.92 bits per heavy atom. The quantitative estimate of drug-likeness (QED) is 0.641. The van der Waals surface area contributed by atoms with E-state index in [1.165, 1.54) is 22.2 Å². The second-order valence-corrected chi connectivity index (χ2v) is 7.95. The molecular weight excluding hydrogens is 354 g/mol. The molecule has 130 valence electrons. The van der Waals surface area contributed by atoms with Gasteiger partial charge in [-0.1, -0.05) is 36.4 Å². The summed E-state index contributed by atoms with van der Waals surface area (Å²) >= 11 is 2.49. The summed E-state index contributed by atoms with van der Waals surface area (Å²) in [7, 11) is 0. The van der Waals surface area contributed by atoms with Crippen molar-refractivity contribution in [3.05, 3.63) is 52.6 Å². The van der Waals surface area contributed by atoms with Crippen molar-refractivity contribution >= 4 is 40.7 Å². The van der Waals surface area contributed by atoms with Gasteiger partial charge in [-0.15, -0.1) is 0 Å². The number of thioether (sulfide) groups is 1. The Hall–Kier alpha value is -1.92. The first-order chi connectivity index (χ1) is 12.0. The molecule has 1 fully saturated rings. The molecule has 0 spiro atoms. The molecule has 6 heteroatoms. The van der Waals surface area contributed by atoms with Crippen LogP contribution < -0.4 is 0 Å². The van der Waals surface area contributed by atoms with E-state index >= 15 is 0 Å². The van der Waals surface area contributed by atoms with E-state index in [1.54, 1.807) is 6.08 Å². The second kappa shape index (κ2) is 7.54. The third-order valence-corrected chi connectivity index (χ3v) is 5.78. The van der Waals surface area contributed by atoms with E-state index in [1.807, 2.05) is 45.0 Å². The van der Waals surface area contributed by atoms with Crippen LogP contribution in [0.2, 0.25) is 0 Å². The van der Waals surface area contributed by atoms with E-state index in [9.17, 15) is 9.59 Å². The minimum atomic E-state index is -0.242. The molecule has 2 heterocycles. The van der Waals surface area contributed by atoms with Crippen LogP contribution in [0.15, 0.2) is 55.7 Å². The van der Waals surface area contributed by atoms with Crippen molar-refractivity contribution in [2.24, 2.45) is 0 Å². The summed E-state index contributed by atoms with van der Waals surface area (Å²) < 4.78 is 5.78. The first kappa shape index (κ1) is 17.9. The molecule has 3 rings (SSSR count). The molecule has 0 N–H and O–H groups in total. The van der Waals surface area contributed by atoms with Gasteiger partial charge in [-0.2, -0.15) is 0 Å². The Kier molecular flexibility index (Phi) is 5.39. The van der Waals surface area contributed by atoms with Crippen molar-refractivity contribution < 1.29 is 14.0 Å². The van der Waals surface area contributed by atoms with Crippen molar-refractivity contribution in [2.75, 3.05) is 0 Å². The number of aryl methyl sites for hydroxylation is 1. The van der Waals surface area contributed by atoms with Crippen LogP contribution in [0, 0.1) is 6.92 Å². The number of carbonyl (C=O) groups is 2. The second-order valence-electron chi connectivity index (χ2n) is 5.88. The molecule has 1 aromatic heterocycles. The third kappa shape index (κ3) is 4.02. The summed E-state index contributed by atoms with van der Waals surface area (Å²) in [5.41, 5.74) is 1.21. The SMILES string of the molecule is CC[C@@H](C)N1C(=O)S/C(=C/c2ccc(Sc3ccc(C)cc3)o2)C1=O. The van der Waals surface area contributed by atoms with Gasteiger partial charge in [0.25, 0.3) is 11.1 Å². The standard InChI is InChI=1S/C19H19NO3S2/c1-4-13(3)20-18(21)16(25-19(20)22)11-14-7-10-17(23-14)24-15-8-5-12(2)6-9-15/h5-11,13H,4H2,1-3H3/b16-11+/t13-/m1/s1. The van der Waals surface area contributed by atoms with Crippen molar-refractivity contribution in [3.63, 3.8) is 0 Å². The topological polar surface area (TPSA) is 50.5 Å². The lowest BCUT2D eigenvalue weighted by molar-refractivity contribution is -0.124. The Labute approximate surface area is 155 Å². The predicted molar refractivity (Wildman–Crippen MR) is 102 cm³/mol. The van der Waals surface area contributed by atoms with Crippen molar-refractivity contribution in [3.8, 4) is 0 Å². The van der Waals surface area contributed by atoms with Crippen LogP contribution in [0.3, 0.4) is 0 Å². The number of hydrogen-bond donors (Lipinski definition) is 0. The summed E-state index contributed by atoms with van der Waals surface area (Å²) in [6.07, 6.45) is 2.38. The summed E-state index contributed by atoms with van der Waals surface area (Å²) in [4.78, 5) is 27.3. The number of furan rings is 1. The molecule has 0 radical (unpaired) electrons. The minimum Gasteiger partial charge on any atom is -0.450 e. The fourth-order valence-corrected chi connectivity index (χ4v) is 4.05. The molecule has 1 atom stereocenters. The molecule has 1 aromatic carbocycles. The molecule has 1 aliphatic rings. The number of carbonyl (C=O) groups excluding carboxylic acids is 2. The molecule has 0 bridgehead atoms. The normalized spacial score (nSPS) is 17.6. The molecular formula is C19H19NO3S2. The molecule has 0 saturated carbocycles. The van der Waals surface area contributed by atoms with Crippen molar-refractivity contribution in [1.82, 2.24) is 4.90 Å². The van der Waals surface area contributed by atoms with Gasteiger partial charge in [0, 0.05) is 17.0 Å². The van der Waals surface area contributed by atoms with Crippen LogP contribution in [0.1, 0.15) is 31.6 Å². The Balaban J connectivity index is 1.74. The van der Waals surface area contributed by atoms with Crippen molar-refractivity contribution in [2.45, 2.75) is 43.2 Å². The molecule has 1 aliphatic heterocycles. The summed E-state index contributed by atoms with van der Waals surface area (Å²) in [6, 6.07) is 11.8. The molecule has 0 aliphatic carbocycles. The number of hydrogen-bond acceptors (Lipinski definition) is 5. The average molecular weight is 373 g/mol. The van der Waals surface area contributed by atoms with E-state index in [0.29, 0.717) is 10.7 Å². The Morgan fingerprint density at radius 1 is 1.20 bits per heavy atom. The maximum Gasteiger partial charge on any atom is 0.293 e. The number of benzene rings is 1. The highest BCUT2D eigenvalue weighted by molar-refractivity contribution is 8.18. The van der Waals surface area contributed by atoms with E-state index in [0.717, 1.165) is 28.2 Å². The highest BCUT2D eigenvalue weighted by Gasteiger charge is 2.37. The number of imide groups is 1. The smallest absolute Gasteiger partial charge is 0.293 e. The Morgan fingerprint density at radius 3 is 2.60 bits per heavy atom. The van der Waals surface area contributed by atoms with Crippen LogP contribution in [0.25, 0.3) is 6.08 Å². The van der Waals surface area contributed by atoms with Gasteiger partial charge in [0.2, 0.25) is 0 Å². The maximum atomic E-state index is 12.4. The zero-order chi connectivity index (χ0) is 18.0. The molecule has 0 unspecified atom stereocenters. The van der Waals surface area contributed by atoms with E-state index in [2.05, 4.69) is 12.1 Å². The van der Waals surface area contributed by atoms with E-state index in [4.69, 9.17) is 4.42 Å². The predicted octanol–water partition coefficient (Wildman–Crippen LogP) is 5.57. The van der Waals surface area contributed by atoms with Gasteiger partial charge in [0.1, 0.15) is 5.76 Å². The monoisotopic (exact) mass is 373 g/mol. The molecule has 2 aromatic rings. The first-order valence-electron chi connectivity index (χ1n) is 8.09. The maximum absolute atomic E-state index is 12.4. The minimum absolute atomic E-state index is 0.0948. The lowest BCUT2D eigenvalue weighted by Crippen LogP contribution is -2.36. The van der Waals surface area contributed by atoms with Crippen molar-refractivity contribution in [1.29, 1.82) is 0 Å². The number of nitrogens with zero attached hydrogens (tertiary/aromatic N) is 1. The lowest BCUT2D eigenvalue weighted by atomic mass is 10.2. The van der Waals surface area contributed by atoms with E-state index in [-0.39, 0.29) is 17.2 Å². The summed E-state index contributed by atoms with van der Waals surface area (Å²) in [5.74, 6) is 0.331. The zero-order valence-electron chi connectivity index (χ0n) is 14.3. The fraction of sp³-hybridized carbons (Fsp3) is 0.263. The van der Waals surface area contributed by atoms with Crippen LogP contribution in [-0.2, 0) is 4.79 Å². The van der Waals surface area contributed by atoms with Crippen LogP contribution in [0.5, 0.6) is 0 Å². The highest BCUT2D eigenvalue weighted by Crippen LogP contribution is 2.35. The van der Waals surface area contributed by atoms with Crippen LogP contribution >= 0.6 is 23.5 Å². The number of amides is 2. The molecule has 25 heavy (non-hydrogen) atoms. The van der Waals surface area contributed by atoms with Gasteiger partial charge in [-0.3, -0.25) is 14.5 Å². The van der Waals surface area contributed by atoms with Gasteiger partial charge < -0.3 is 4.42 Å². The average Bonchev–Trinajstić information content (AvgIpc) is 3.14. The largest absolute Gasteiger partial charge is 0.450 e.